The van der Waals surface area contributed by atoms with Gasteiger partial charge in [-0.05, 0) is 45.3 Å². The summed E-state index contributed by atoms with van der Waals surface area (Å²) < 4.78 is 13.2. The first-order valence-electron chi connectivity index (χ1n) is 6.51. The van der Waals surface area contributed by atoms with Crippen LogP contribution in [0.25, 0.3) is 0 Å². The van der Waals surface area contributed by atoms with Crippen LogP contribution in [0.4, 0.5) is 14.9 Å². The van der Waals surface area contributed by atoms with E-state index < -0.39 is 17.3 Å². The Morgan fingerprint density at radius 2 is 1.90 bits per heavy atom. The fourth-order valence-electron chi connectivity index (χ4n) is 1.71. The fraction of sp³-hybridized carbons (Fsp3) is 0.429. The Morgan fingerprint density at radius 3 is 2.48 bits per heavy atom. The molecule has 1 aromatic rings. The number of carbonyl (C=O) groups is 2. The predicted molar refractivity (Wildman–Crippen MR) is 78.2 cm³/mol. The third kappa shape index (κ3) is 5.39. The Kier molecular flexibility index (Phi) is 6.10. The summed E-state index contributed by atoms with van der Waals surface area (Å²) >= 11 is 0. The molecule has 0 unspecified atom stereocenters. The van der Waals surface area contributed by atoms with E-state index in [2.05, 4.69) is 5.32 Å². The van der Waals surface area contributed by atoms with Crippen LogP contribution < -0.4 is 5.32 Å². The van der Waals surface area contributed by atoms with E-state index in [0.717, 1.165) is 25.1 Å². The van der Waals surface area contributed by atoms with E-state index in [1.807, 2.05) is 19.0 Å². The second-order valence-electron chi connectivity index (χ2n) is 5.01. The molecule has 0 spiro atoms. The molecule has 21 heavy (non-hydrogen) atoms. The zero-order valence-corrected chi connectivity index (χ0v) is 12.4. The van der Waals surface area contributed by atoms with Crippen molar-refractivity contribution in [1.29, 1.82) is 0 Å². The van der Waals surface area contributed by atoms with Gasteiger partial charge in [0.05, 0.1) is 5.56 Å². The summed E-state index contributed by atoms with van der Waals surface area (Å²) in [7, 11) is 5.55. The van der Waals surface area contributed by atoms with Crippen molar-refractivity contribution in [3.63, 3.8) is 0 Å². The highest BCUT2D eigenvalue weighted by molar-refractivity contribution is 5.93. The van der Waals surface area contributed by atoms with Crippen LogP contribution in [0, 0.1) is 5.82 Å². The fourth-order valence-corrected chi connectivity index (χ4v) is 1.71. The van der Waals surface area contributed by atoms with Crippen LogP contribution in [0.15, 0.2) is 18.2 Å². The Labute approximate surface area is 123 Å². The molecule has 0 aromatic heterocycles. The normalized spacial score (nSPS) is 10.5. The van der Waals surface area contributed by atoms with Gasteiger partial charge in [0.25, 0.3) is 0 Å². The maximum atomic E-state index is 13.2. The number of halogens is 1. The maximum Gasteiger partial charge on any atom is 0.338 e. The van der Waals surface area contributed by atoms with E-state index in [0.29, 0.717) is 6.54 Å². The lowest BCUT2D eigenvalue weighted by Crippen LogP contribution is -2.33. The minimum atomic E-state index is -1.37. The Hall–Kier alpha value is -2.15. The number of carbonyl (C=O) groups excluding carboxylic acids is 1. The van der Waals surface area contributed by atoms with E-state index in [9.17, 15) is 14.0 Å². The minimum absolute atomic E-state index is 0.248. The summed E-state index contributed by atoms with van der Waals surface area (Å²) in [6.45, 7) is 1.42. The topological polar surface area (TPSA) is 72.9 Å². The molecule has 2 N–H and O–H groups in total. The average molecular weight is 297 g/mol. The molecule has 0 aliphatic rings. The van der Waals surface area contributed by atoms with Crippen molar-refractivity contribution in [3.8, 4) is 0 Å². The first-order chi connectivity index (χ1) is 9.81. The lowest BCUT2D eigenvalue weighted by molar-refractivity contribution is 0.0692. The molecule has 6 nitrogen and oxygen atoms in total. The van der Waals surface area contributed by atoms with Gasteiger partial charge in [-0.15, -0.1) is 0 Å². The van der Waals surface area contributed by atoms with Crippen molar-refractivity contribution in [2.75, 3.05) is 39.5 Å². The Morgan fingerprint density at radius 1 is 1.24 bits per heavy atom. The molecule has 1 rings (SSSR count). The van der Waals surface area contributed by atoms with Crippen LogP contribution in [0.1, 0.15) is 16.8 Å². The average Bonchev–Trinajstić information content (AvgIpc) is 2.40. The van der Waals surface area contributed by atoms with E-state index >= 15 is 0 Å². The van der Waals surface area contributed by atoms with Gasteiger partial charge in [-0.25, -0.2) is 14.0 Å². The van der Waals surface area contributed by atoms with Gasteiger partial charge in [0, 0.05) is 19.3 Å². The van der Waals surface area contributed by atoms with E-state index in [1.165, 1.54) is 11.0 Å². The third-order valence-corrected chi connectivity index (χ3v) is 2.89. The van der Waals surface area contributed by atoms with Crippen LogP contribution in [-0.4, -0.2) is 61.1 Å². The zero-order valence-electron chi connectivity index (χ0n) is 12.4. The molecule has 0 radical (unpaired) electrons. The summed E-state index contributed by atoms with van der Waals surface area (Å²) in [5.74, 6) is -2.21. The minimum Gasteiger partial charge on any atom is -0.478 e. The number of rotatable bonds is 6. The van der Waals surface area contributed by atoms with E-state index in [1.54, 1.807) is 7.05 Å². The van der Waals surface area contributed by atoms with Gasteiger partial charge in [-0.1, -0.05) is 0 Å². The number of carboxylic acids is 1. The van der Waals surface area contributed by atoms with Gasteiger partial charge in [0.2, 0.25) is 0 Å². The zero-order chi connectivity index (χ0) is 16.0. The van der Waals surface area contributed by atoms with Gasteiger partial charge in [-0.2, -0.15) is 0 Å². The maximum absolute atomic E-state index is 13.2. The smallest absolute Gasteiger partial charge is 0.338 e. The standard InChI is InChI=1S/C14H20FN3O3/c1-17(2)7-4-8-18(3)14(21)16-10-5-6-12(15)11(9-10)13(19)20/h5-6,9H,4,7-8H2,1-3H3,(H,16,21)(H,19,20). The van der Waals surface area contributed by atoms with Crippen molar-refractivity contribution in [3.05, 3.63) is 29.6 Å². The van der Waals surface area contributed by atoms with Gasteiger partial charge in [0.15, 0.2) is 0 Å². The molecule has 0 bridgehead atoms. The summed E-state index contributed by atoms with van der Waals surface area (Å²) in [4.78, 5) is 26.3. The molecule has 116 valence electrons. The second-order valence-corrected chi connectivity index (χ2v) is 5.01. The number of nitrogens with one attached hydrogen (secondary N) is 1. The van der Waals surface area contributed by atoms with Crippen molar-refractivity contribution < 1.29 is 19.1 Å². The van der Waals surface area contributed by atoms with Crippen LogP contribution in [0.2, 0.25) is 0 Å². The molecule has 2 amide bonds. The summed E-state index contributed by atoms with van der Waals surface area (Å²) in [5.41, 5.74) is -0.221. The van der Waals surface area contributed by atoms with Crippen molar-refractivity contribution >= 4 is 17.7 Å². The summed E-state index contributed by atoms with van der Waals surface area (Å²) in [6.07, 6.45) is 0.820. The number of benzene rings is 1. The molecule has 7 heteroatoms. The largest absolute Gasteiger partial charge is 0.478 e. The lowest BCUT2D eigenvalue weighted by Gasteiger charge is -2.19. The number of hydrogen-bond acceptors (Lipinski definition) is 3. The van der Waals surface area contributed by atoms with Crippen molar-refractivity contribution in [1.82, 2.24) is 9.80 Å². The molecule has 0 saturated heterocycles. The van der Waals surface area contributed by atoms with Crippen LogP contribution in [0.3, 0.4) is 0 Å². The van der Waals surface area contributed by atoms with Crippen LogP contribution >= 0.6 is 0 Å². The number of anilines is 1. The molecule has 0 fully saturated rings. The lowest BCUT2D eigenvalue weighted by atomic mass is 10.2. The molecule has 0 aliphatic heterocycles. The highest BCUT2D eigenvalue weighted by atomic mass is 19.1. The molecule has 0 saturated carbocycles. The third-order valence-electron chi connectivity index (χ3n) is 2.89. The first-order valence-corrected chi connectivity index (χ1v) is 6.51. The van der Waals surface area contributed by atoms with Crippen LogP contribution in [-0.2, 0) is 0 Å². The highest BCUT2D eigenvalue weighted by Gasteiger charge is 2.13. The quantitative estimate of drug-likeness (QED) is 0.841. The van der Waals surface area contributed by atoms with Gasteiger partial charge < -0.3 is 20.2 Å². The van der Waals surface area contributed by atoms with Crippen molar-refractivity contribution in [2.24, 2.45) is 0 Å². The Balaban J connectivity index is 2.62. The highest BCUT2D eigenvalue weighted by Crippen LogP contribution is 2.15. The predicted octanol–water partition coefficient (Wildman–Crippen LogP) is 1.94. The molecule has 0 aliphatic carbocycles. The monoisotopic (exact) mass is 297 g/mol. The number of amides is 2. The summed E-state index contributed by atoms with van der Waals surface area (Å²) in [5, 5.41) is 11.4. The number of hydrogen-bond donors (Lipinski definition) is 2. The van der Waals surface area contributed by atoms with Gasteiger partial charge in [-0.3, -0.25) is 0 Å². The van der Waals surface area contributed by atoms with Crippen molar-refractivity contribution in [2.45, 2.75) is 6.42 Å². The second kappa shape index (κ2) is 7.58. The number of nitrogens with zero attached hydrogens (tertiary/aromatic N) is 2. The Bertz CT molecular complexity index is 520. The van der Waals surface area contributed by atoms with Gasteiger partial charge in [0.1, 0.15) is 5.82 Å². The number of aromatic carboxylic acids is 1. The van der Waals surface area contributed by atoms with Crippen LogP contribution in [0.5, 0.6) is 0 Å². The van der Waals surface area contributed by atoms with E-state index in [-0.39, 0.29) is 11.7 Å². The van der Waals surface area contributed by atoms with Gasteiger partial charge >= 0.3 is 12.0 Å². The molecule has 0 atom stereocenters. The molecular weight excluding hydrogens is 277 g/mol. The SMILES string of the molecule is CN(C)CCCN(C)C(=O)Nc1ccc(F)c(C(=O)O)c1. The number of urea groups is 1. The molecule has 0 heterocycles. The van der Waals surface area contributed by atoms with E-state index in [4.69, 9.17) is 5.11 Å². The molecular formula is C14H20FN3O3. The summed E-state index contributed by atoms with van der Waals surface area (Å²) in [6, 6.07) is 3.08. The first kappa shape index (κ1) is 16.9. The number of carboxylic acid groups (broad SMARTS) is 1. The molecule has 1 aromatic carbocycles.